The Morgan fingerprint density at radius 1 is 1.50 bits per heavy atom. The Hall–Kier alpha value is -1.26. The van der Waals surface area contributed by atoms with E-state index in [9.17, 15) is 0 Å². The number of aliphatic hydroxyl groups is 1. The molecule has 0 unspecified atom stereocenters. The van der Waals surface area contributed by atoms with Gasteiger partial charge in [-0.3, -0.25) is 0 Å². The molecule has 0 bridgehead atoms. The Morgan fingerprint density at radius 3 is 3.14 bits per heavy atom. The number of hydrogen-bond donors (Lipinski definition) is 1. The van der Waals surface area contributed by atoms with Gasteiger partial charge in [-0.05, 0) is 18.2 Å². The maximum absolute atomic E-state index is 8.53. The lowest BCUT2D eigenvalue weighted by atomic mass is 10.3. The molecule has 2 aromatic rings. The zero-order chi connectivity index (χ0) is 9.97. The Morgan fingerprint density at radius 2 is 2.36 bits per heavy atom. The monoisotopic (exact) mass is 213 g/mol. The number of fused-ring (bicyclic) bond motifs is 1. The number of benzene rings is 1. The molecule has 0 aliphatic heterocycles. The molecule has 1 aromatic heterocycles. The van der Waals surface area contributed by atoms with Crippen molar-refractivity contribution in [3.63, 3.8) is 0 Å². The summed E-state index contributed by atoms with van der Waals surface area (Å²) in [6, 6.07) is 5.12. The van der Waals surface area contributed by atoms with E-state index in [1.807, 2.05) is 0 Å². The van der Waals surface area contributed by atoms with E-state index in [-0.39, 0.29) is 19.3 Å². The Bertz CT molecular complexity index is 441. The van der Waals surface area contributed by atoms with Crippen LogP contribution >= 0.6 is 11.6 Å². The van der Waals surface area contributed by atoms with Crippen molar-refractivity contribution in [2.75, 3.05) is 13.2 Å². The minimum atomic E-state index is -0.0700. The van der Waals surface area contributed by atoms with Crippen molar-refractivity contribution in [3.05, 3.63) is 23.2 Å². The second-order valence-electron chi connectivity index (χ2n) is 2.66. The number of halogens is 1. The summed E-state index contributed by atoms with van der Waals surface area (Å²) in [6.45, 7) is 0.0973. The summed E-state index contributed by atoms with van der Waals surface area (Å²) in [5.74, 6) is 0. The van der Waals surface area contributed by atoms with Gasteiger partial charge in [0.05, 0.1) is 6.61 Å². The summed E-state index contributed by atoms with van der Waals surface area (Å²) in [5, 5.41) is 9.13. The number of aromatic nitrogens is 1. The number of hydrogen-bond acceptors (Lipinski definition) is 4. The summed E-state index contributed by atoms with van der Waals surface area (Å²) in [4.78, 5) is 4.03. The third-order valence-corrected chi connectivity index (χ3v) is 1.88. The second-order valence-corrected chi connectivity index (χ2v) is 3.10. The van der Waals surface area contributed by atoms with Crippen LogP contribution in [-0.4, -0.2) is 23.3 Å². The number of oxazole rings is 1. The van der Waals surface area contributed by atoms with Crippen LogP contribution in [0.2, 0.25) is 5.02 Å². The molecule has 0 spiro atoms. The molecule has 0 atom stereocenters. The molecule has 4 nitrogen and oxygen atoms in total. The number of ether oxygens (including phenoxy) is 1. The molecule has 1 N–H and O–H groups in total. The molecule has 74 valence electrons. The Balaban J connectivity index is 2.32. The molecule has 1 aromatic carbocycles. The normalized spacial score (nSPS) is 10.7. The number of nitrogens with zero attached hydrogens (tertiary/aromatic N) is 1. The highest BCUT2D eigenvalue weighted by Gasteiger charge is 2.06. The van der Waals surface area contributed by atoms with Crippen LogP contribution in [0.1, 0.15) is 0 Å². The Labute approximate surface area is 85.1 Å². The molecule has 14 heavy (non-hydrogen) atoms. The topological polar surface area (TPSA) is 55.5 Å². The lowest BCUT2D eigenvalue weighted by Crippen LogP contribution is -2.01. The van der Waals surface area contributed by atoms with Gasteiger partial charge < -0.3 is 14.3 Å². The van der Waals surface area contributed by atoms with Gasteiger partial charge in [0.25, 0.3) is 0 Å². The van der Waals surface area contributed by atoms with E-state index in [0.717, 1.165) is 0 Å². The summed E-state index contributed by atoms with van der Waals surface area (Å²) in [6.07, 6.45) is 0.149. The zero-order valence-electron chi connectivity index (χ0n) is 7.24. The first kappa shape index (κ1) is 9.30. The van der Waals surface area contributed by atoms with Crippen LogP contribution in [0.3, 0.4) is 0 Å². The van der Waals surface area contributed by atoms with E-state index in [4.69, 9.17) is 25.9 Å². The molecule has 0 amide bonds. The largest absolute Gasteiger partial charge is 0.448 e. The molecule has 0 radical (unpaired) electrons. The van der Waals surface area contributed by atoms with Gasteiger partial charge in [-0.1, -0.05) is 11.6 Å². The lowest BCUT2D eigenvalue weighted by molar-refractivity contribution is 0.168. The van der Waals surface area contributed by atoms with Crippen LogP contribution in [0, 0.1) is 0 Å². The van der Waals surface area contributed by atoms with E-state index in [2.05, 4.69) is 4.98 Å². The van der Waals surface area contributed by atoms with Crippen LogP contribution in [-0.2, 0) is 0 Å². The fraction of sp³-hybridized carbons (Fsp3) is 0.222. The maximum Gasteiger partial charge on any atom is 0.394 e. The van der Waals surface area contributed by atoms with Crippen LogP contribution in [0.4, 0.5) is 0 Å². The van der Waals surface area contributed by atoms with Crippen molar-refractivity contribution in [3.8, 4) is 6.08 Å². The SMILES string of the molecule is OCCOc1nc2cc(Cl)ccc2o1. The quantitative estimate of drug-likeness (QED) is 0.846. The molecular weight excluding hydrogens is 206 g/mol. The first-order chi connectivity index (χ1) is 6.79. The molecule has 2 rings (SSSR count). The Kier molecular flexibility index (Phi) is 2.56. The van der Waals surface area contributed by atoms with Gasteiger partial charge in [0.2, 0.25) is 0 Å². The smallest absolute Gasteiger partial charge is 0.394 e. The summed E-state index contributed by atoms with van der Waals surface area (Å²) >= 11 is 5.77. The average molecular weight is 214 g/mol. The highest BCUT2D eigenvalue weighted by Crippen LogP contribution is 2.23. The fourth-order valence-electron chi connectivity index (χ4n) is 1.07. The molecule has 0 saturated heterocycles. The van der Waals surface area contributed by atoms with Gasteiger partial charge in [0.15, 0.2) is 5.58 Å². The fourth-order valence-corrected chi connectivity index (χ4v) is 1.24. The molecule has 0 saturated carbocycles. The van der Waals surface area contributed by atoms with E-state index in [1.54, 1.807) is 18.2 Å². The van der Waals surface area contributed by atoms with Gasteiger partial charge in [-0.2, -0.15) is 4.98 Å². The number of rotatable bonds is 3. The van der Waals surface area contributed by atoms with E-state index in [0.29, 0.717) is 16.1 Å². The predicted octanol–water partition coefficient (Wildman–Crippen LogP) is 1.85. The van der Waals surface area contributed by atoms with E-state index in [1.165, 1.54) is 0 Å². The highest BCUT2D eigenvalue weighted by molar-refractivity contribution is 6.31. The molecule has 5 heteroatoms. The van der Waals surface area contributed by atoms with Crippen LogP contribution in [0.25, 0.3) is 11.1 Å². The molecule has 0 fully saturated rings. The first-order valence-corrected chi connectivity index (χ1v) is 4.47. The lowest BCUT2D eigenvalue weighted by Gasteiger charge is -1.94. The molecular formula is C9H8ClNO3. The van der Waals surface area contributed by atoms with Gasteiger partial charge in [0.1, 0.15) is 12.1 Å². The third-order valence-electron chi connectivity index (χ3n) is 1.65. The van der Waals surface area contributed by atoms with Crippen LogP contribution < -0.4 is 4.74 Å². The second kappa shape index (κ2) is 3.86. The van der Waals surface area contributed by atoms with Gasteiger partial charge in [-0.25, -0.2) is 0 Å². The average Bonchev–Trinajstić information content (AvgIpc) is 2.56. The van der Waals surface area contributed by atoms with Crippen LogP contribution in [0.15, 0.2) is 22.6 Å². The first-order valence-electron chi connectivity index (χ1n) is 4.09. The van der Waals surface area contributed by atoms with Crippen molar-refractivity contribution >= 4 is 22.7 Å². The van der Waals surface area contributed by atoms with Crippen LogP contribution in [0.5, 0.6) is 6.08 Å². The molecule has 0 aliphatic rings. The van der Waals surface area contributed by atoms with Crippen molar-refractivity contribution in [1.29, 1.82) is 0 Å². The summed E-state index contributed by atoms with van der Waals surface area (Å²) in [7, 11) is 0. The minimum Gasteiger partial charge on any atom is -0.448 e. The molecule has 1 heterocycles. The van der Waals surface area contributed by atoms with Crippen molar-refractivity contribution < 1.29 is 14.3 Å². The van der Waals surface area contributed by atoms with E-state index >= 15 is 0 Å². The summed E-state index contributed by atoms with van der Waals surface area (Å²) in [5.41, 5.74) is 1.26. The van der Waals surface area contributed by atoms with Gasteiger partial charge >= 0.3 is 6.08 Å². The molecule has 0 aliphatic carbocycles. The highest BCUT2D eigenvalue weighted by atomic mass is 35.5. The third kappa shape index (κ3) is 1.81. The van der Waals surface area contributed by atoms with Gasteiger partial charge in [-0.15, -0.1) is 0 Å². The van der Waals surface area contributed by atoms with E-state index < -0.39 is 0 Å². The standard InChI is InChI=1S/C9H8ClNO3/c10-6-1-2-8-7(5-6)11-9(14-8)13-4-3-12/h1-2,5,12H,3-4H2. The van der Waals surface area contributed by atoms with Crippen molar-refractivity contribution in [2.45, 2.75) is 0 Å². The van der Waals surface area contributed by atoms with Crippen molar-refractivity contribution in [2.24, 2.45) is 0 Å². The summed E-state index contributed by atoms with van der Waals surface area (Å²) < 4.78 is 10.2. The van der Waals surface area contributed by atoms with Gasteiger partial charge in [0, 0.05) is 5.02 Å². The van der Waals surface area contributed by atoms with Crippen molar-refractivity contribution in [1.82, 2.24) is 4.98 Å². The zero-order valence-corrected chi connectivity index (χ0v) is 7.99. The predicted molar refractivity (Wildman–Crippen MR) is 51.6 cm³/mol. The maximum atomic E-state index is 8.53. The minimum absolute atomic E-state index is 0.0700. The number of aliphatic hydroxyl groups excluding tert-OH is 1.